The van der Waals surface area contributed by atoms with Crippen molar-refractivity contribution in [3.63, 3.8) is 0 Å². The van der Waals surface area contributed by atoms with Crippen LogP contribution >= 0.6 is 0 Å². The number of ether oxygens (including phenoxy) is 1. The number of alkyl halides is 3. The molecule has 0 aromatic heterocycles. The lowest BCUT2D eigenvalue weighted by molar-refractivity contribution is -0.137. The number of para-hydroxylation sites is 1. The minimum absolute atomic E-state index is 0.0148. The number of rotatable bonds is 6. The van der Waals surface area contributed by atoms with Gasteiger partial charge in [0.1, 0.15) is 5.75 Å². The first-order chi connectivity index (χ1) is 13.2. The average molecular weight is 392 g/mol. The summed E-state index contributed by atoms with van der Waals surface area (Å²) in [7, 11) is 0. The van der Waals surface area contributed by atoms with E-state index in [-0.39, 0.29) is 5.69 Å². The highest BCUT2D eigenvalue weighted by molar-refractivity contribution is 6.03. The molecule has 148 valence electrons. The van der Waals surface area contributed by atoms with E-state index >= 15 is 0 Å². The number of nitrogens with one attached hydrogen (secondary N) is 2. The van der Waals surface area contributed by atoms with E-state index in [1.54, 1.807) is 24.3 Å². The zero-order chi connectivity index (χ0) is 20.7. The molecule has 2 aromatic rings. The third kappa shape index (κ3) is 5.87. The minimum Gasteiger partial charge on any atom is -0.493 e. The highest BCUT2D eigenvalue weighted by atomic mass is 19.4. The third-order valence-electron chi connectivity index (χ3n) is 3.54. The van der Waals surface area contributed by atoms with Gasteiger partial charge in [0.05, 0.1) is 17.9 Å². The Balaban J connectivity index is 2.22. The maximum atomic E-state index is 13.3. The van der Waals surface area contributed by atoms with E-state index in [1.165, 1.54) is 19.1 Å². The van der Waals surface area contributed by atoms with Crippen LogP contribution in [0.1, 0.15) is 25.0 Å². The van der Waals surface area contributed by atoms with Gasteiger partial charge < -0.3 is 15.4 Å². The highest BCUT2D eigenvalue weighted by Crippen LogP contribution is 2.36. The van der Waals surface area contributed by atoms with E-state index in [1.807, 2.05) is 6.92 Å². The van der Waals surface area contributed by atoms with Crippen LogP contribution in [-0.2, 0) is 15.8 Å². The van der Waals surface area contributed by atoms with Gasteiger partial charge in [-0.15, -0.1) is 0 Å². The summed E-state index contributed by atoms with van der Waals surface area (Å²) in [4.78, 5) is 23.2. The fourth-order valence-corrected chi connectivity index (χ4v) is 2.41. The Hall–Kier alpha value is -3.29. The van der Waals surface area contributed by atoms with E-state index in [2.05, 4.69) is 10.6 Å². The molecule has 5 nitrogen and oxygen atoms in total. The first kappa shape index (κ1) is 21.0. The van der Waals surface area contributed by atoms with Crippen LogP contribution in [0.5, 0.6) is 5.75 Å². The van der Waals surface area contributed by atoms with Gasteiger partial charge in [-0.2, -0.15) is 13.2 Å². The topological polar surface area (TPSA) is 67.4 Å². The molecule has 2 amide bonds. The summed E-state index contributed by atoms with van der Waals surface area (Å²) >= 11 is 0. The van der Waals surface area contributed by atoms with Crippen molar-refractivity contribution in [3.8, 4) is 5.75 Å². The lowest BCUT2D eigenvalue weighted by Crippen LogP contribution is -2.16. The van der Waals surface area contributed by atoms with Crippen LogP contribution in [0.4, 0.5) is 24.5 Å². The molecule has 0 spiro atoms. The molecule has 2 rings (SSSR count). The zero-order valence-electron chi connectivity index (χ0n) is 15.3. The van der Waals surface area contributed by atoms with Gasteiger partial charge in [0.25, 0.3) is 0 Å². The Bertz CT molecular complexity index is 893. The molecule has 0 radical (unpaired) electrons. The molecule has 2 aromatic carbocycles. The Labute approximate surface area is 160 Å². The number of anilines is 2. The normalized spacial score (nSPS) is 11.3. The fraction of sp³-hybridized carbons (Fsp3) is 0.200. The maximum Gasteiger partial charge on any atom is 0.418 e. The quantitative estimate of drug-likeness (QED) is 0.700. The van der Waals surface area contributed by atoms with Crippen LogP contribution in [0, 0.1) is 0 Å². The van der Waals surface area contributed by atoms with Crippen LogP contribution < -0.4 is 15.4 Å². The van der Waals surface area contributed by atoms with E-state index in [9.17, 15) is 22.8 Å². The predicted molar refractivity (Wildman–Crippen MR) is 101 cm³/mol. The highest BCUT2D eigenvalue weighted by Gasteiger charge is 2.34. The number of hydrogen-bond donors (Lipinski definition) is 2. The summed E-state index contributed by atoms with van der Waals surface area (Å²) in [6.45, 7) is 3.44. The van der Waals surface area contributed by atoms with Gasteiger partial charge in [0, 0.05) is 24.3 Å². The number of carbonyl (C=O) groups is 2. The largest absolute Gasteiger partial charge is 0.493 e. The van der Waals surface area contributed by atoms with Gasteiger partial charge in [0.15, 0.2) is 0 Å². The van der Waals surface area contributed by atoms with Crippen molar-refractivity contribution < 1.29 is 27.5 Å². The molecular formula is C20H19F3N2O3. The summed E-state index contributed by atoms with van der Waals surface area (Å²) in [6, 6.07) is 10.1. The van der Waals surface area contributed by atoms with Gasteiger partial charge in [-0.3, -0.25) is 9.59 Å². The average Bonchev–Trinajstić information content (AvgIpc) is 2.61. The molecule has 0 heterocycles. The van der Waals surface area contributed by atoms with Crippen molar-refractivity contribution in [3.05, 3.63) is 59.7 Å². The van der Waals surface area contributed by atoms with E-state index < -0.39 is 29.2 Å². The second kappa shape index (κ2) is 9.07. The molecule has 8 heteroatoms. The minimum atomic E-state index is -4.71. The van der Waals surface area contributed by atoms with Crippen molar-refractivity contribution >= 4 is 29.3 Å². The van der Waals surface area contributed by atoms with Crippen LogP contribution in [-0.4, -0.2) is 18.4 Å². The second-order valence-electron chi connectivity index (χ2n) is 5.73. The van der Waals surface area contributed by atoms with Gasteiger partial charge in [-0.1, -0.05) is 18.2 Å². The molecule has 0 aliphatic heterocycles. The van der Waals surface area contributed by atoms with Crippen LogP contribution in [0.15, 0.2) is 48.5 Å². The third-order valence-corrected chi connectivity index (χ3v) is 3.54. The molecule has 0 bridgehead atoms. The summed E-state index contributed by atoms with van der Waals surface area (Å²) in [5.74, 6) is -0.672. The summed E-state index contributed by atoms with van der Waals surface area (Å²) < 4.78 is 45.3. The first-order valence-corrected chi connectivity index (χ1v) is 8.40. The molecule has 0 aliphatic carbocycles. The SMILES string of the molecule is CCOc1ccccc1/C=C/C(=O)Nc1ccc(NC(C)=O)cc1C(F)(F)F. The molecule has 0 saturated heterocycles. The van der Waals surface area contributed by atoms with E-state index in [4.69, 9.17) is 4.74 Å². The Kier molecular flexibility index (Phi) is 6.81. The number of amides is 2. The standard InChI is InChI=1S/C20H19F3N2O3/c1-3-28-18-7-5-4-6-14(18)8-11-19(27)25-17-10-9-15(24-13(2)26)12-16(17)20(21,22)23/h4-12H,3H2,1-2H3,(H,24,26)(H,25,27)/b11-8+. The lowest BCUT2D eigenvalue weighted by atomic mass is 10.1. The van der Waals surface area contributed by atoms with Gasteiger partial charge >= 0.3 is 6.18 Å². The van der Waals surface area contributed by atoms with Crippen molar-refractivity contribution in [1.82, 2.24) is 0 Å². The molecular weight excluding hydrogens is 373 g/mol. The molecule has 28 heavy (non-hydrogen) atoms. The van der Waals surface area contributed by atoms with Crippen molar-refractivity contribution in [2.24, 2.45) is 0 Å². The van der Waals surface area contributed by atoms with Crippen molar-refractivity contribution in [1.29, 1.82) is 0 Å². The number of benzene rings is 2. The summed E-state index contributed by atoms with van der Waals surface area (Å²) in [5, 5.41) is 4.50. The monoisotopic (exact) mass is 392 g/mol. The zero-order valence-corrected chi connectivity index (χ0v) is 15.3. The smallest absolute Gasteiger partial charge is 0.418 e. The predicted octanol–water partition coefficient (Wildman–Crippen LogP) is 4.71. The van der Waals surface area contributed by atoms with Crippen LogP contribution in [0.2, 0.25) is 0 Å². The van der Waals surface area contributed by atoms with E-state index in [0.717, 1.165) is 18.2 Å². The molecule has 0 fully saturated rings. The number of carbonyl (C=O) groups excluding carboxylic acids is 2. The Morgan fingerprint density at radius 3 is 2.46 bits per heavy atom. The van der Waals surface area contributed by atoms with Gasteiger partial charge in [-0.25, -0.2) is 0 Å². The van der Waals surface area contributed by atoms with Crippen molar-refractivity contribution in [2.45, 2.75) is 20.0 Å². The van der Waals surface area contributed by atoms with Crippen LogP contribution in [0.3, 0.4) is 0 Å². The molecule has 0 atom stereocenters. The molecule has 0 saturated carbocycles. The molecule has 2 N–H and O–H groups in total. The first-order valence-electron chi connectivity index (χ1n) is 8.40. The maximum absolute atomic E-state index is 13.3. The molecule has 0 unspecified atom stereocenters. The number of halogens is 3. The fourth-order valence-electron chi connectivity index (χ4n) is 2.41. The lowest BCUT2D eigenvalue weighted by Gasteiger charge is -2.15. The molecule has 0 aliphatic rings. The summed E-state index contributed by atoms with van der Waals surface area (Å²) in [6.07, 6.45) is -2.12. The van der Waals surface area contributed by atoms with Gasteiger partial charge in [0.2, 0.25) is 11.8 Å². The van der Waals surface area contributed by atoms with Gasteiger partial charge in [-0.05, 0) is 37.3 Å². The second-order valence-corrected chi connectivity index (χ2v) is 5.73. The van der Waals surface area contributed by atoms with Crippen molar-refractivity contribution in [2.75, 3.05) is 17.2 Å². The van der Waals surface area contributed by atoms with Crippen LogP contribution in [0.25, 0.3) is 6.08 Å². The Morgan fingerprint density at radius 1 is 1.11 bits per heavy atom. The number of hydrogen-bond acceptors (Lipinski definition) is 3. The van der Waals surface area contributed by atoms with E-state index in [0.29, 0.717) is 17.9 Å². The summed E-state index contributed by atoms with van der Waals surface area (Å²) in [5.41, 5.74) is -0.861. The Morgan fingerprint density at radius 2 is 1.82 bits per heavy atom.